The van der Waals surface area contributed by atoms with Crippen LogP contribution in [-0.2, 0) is 25.3 Å². The first-order valence-corrected chi connectivity index (χ1v) is 11.2. The fraction of sp³-hybridized carbons (Fsp3) is 0.423. The zero-order chi connectivity index (χ0) is 21.5. The molecule has 1 amide bonds. The summed E-state index contributed by atoms with van der Waals surface area (Å²) in [5.74, 6) is 0.150. The standard InChI is InChI=1S/C26H28N4O/c1-25(2)23-13-18-12-21-22(29(4)15-28-21)14-19(18)26(25,3)8-10-30(23)24(31)17-5-6-20-16(11-17)7-9-27-20/h5-6,9,11-12,14-15,23H,7-8,10,13H2,1-4H3/t23-,26-/m0/s1. The van der Waals surface area contributed by atoms with Crippen LogP contribution in [0, 0.1) is 5.41 Å². The highest BCUT2D eigenvalue weighted by atomic mass is 16.2. The summed E-state index contributed by atoms with van der Waals surface area (Å²) >= 11 is 0. The number of hydrogen-bond acceptors (Lipinski definition) is 3. The van der Waals surface area contributed by atoms with Gasteiger partial charge in [0.25, 0.3) is 5.91 Å². The van der Waals surface area contributed by atoms with E-state index < -0.39 is 0 Å². The Balaban J connectivity index is 1.43. The normalized spacial score (nSPS) is 25.5. The molecule has 2 aromatic carbocycles. The summed E-state index contributed by atoms with van der Waals surface area (Å²) in [4.78, 5) is 24.8. The van der Waals surface area contributed by atoms with E-state index >= 15 is 0 Å². The topological polar surface area (TPSA) is 50.5 Å². The molecule has 1 fully saturated rings. The van der Waals surface area contributed by atoms with Crippen molar-refractivity contribution in [1.29, 1.82) is 0 Å². The molecular formula is C26H28N4O. The second-order valence-electron chi connectivity index (χ2n) is 10.2. The summed E-state index contributed by atoms with van der Waals surface area (Å²) in [6.07, 6.45) is 6.47. The Hall–Kier alpha value is -2.95. The van der Waals surface area contributed by atoms with Gasteiger partial charge in [-0.3, -0.25) is 9.79 Å². The highest BCUT2D eigenvalue weighted by Crippen LogP contribution is 2.56. The lowest BCUT2D eigenvalue weighted by Gasteiger charge is -2.60. The molecule has 1 aliphatic carbocycles. The quantitative estimate of drug-likeness (QED) is 0.587. The Kier molecular flexibility index (Phi) is 3.67. The number of hydrogen-bond donors (Lipinski definition) is 0. The van der Waals surface area contributed by atoms with Gasteiger partial charge in [0.2, 0.25) is 0 Å². The van der Waals surface area contributed by atoms with E-state index in [1.807, 2.05) is 30.7 Å². The van der Waals surface area contributed by atoms with Crippen molar-refractivity contribution < 1.29 is 4.79 Å². The molecule has 158 valence electrons. The fourth-order valence-electron chi connectivity index (χ4n) is 6.19. The van der Waals surface area contributed by atoms with Crippen molar-refractivity contribution in [3.8, 4) is 0 Å². The Labute approximate surface area is 182 Å². The molecule has 6 rings (SSSR count). The Morgan fingerprint density at radius 3 is 2.81 bits per heavy atom. The molecule has 0 N–H and O–H groups in total. The number of benzene rings is 2. The van der Waals surface area contributed by atoms with Gasteiger partial charge < -0.3 is 9.47 Å². The van der Waals surface area contributed by atoms with Crippen LogP contribution < -0.4 is 0 Å². The van der Waals surface area contributed by atoms with E-state index in [0.717, 1.165) is 48.1 Å². The largest absolute Gasteiger partial charge is 0.335 e. The third-order valence-corrected chi connectivity index (χ3v) is 8.57. The average molecular weight is 413 g/mol. The van der Waals surface area contributed by atoms with E-state index in [1.54, 1.807) is 0 Å². The van der Waals surface area contributed by atoms with E-state index in [4.69, 9.17) is 0 Å². The number of aryl methyl sites for hydroxylation is 1. The van der Waals surface area contributed by atoms with Gasteiger partial charge in [-0.05, 0) is 65.3 Å². The van der Waals surface area contributed by atoms with Gasteiger partial charge in [-0.25, -0.2) is 4.98 Å². The number of nitrogens with zero attached hydrogens (tertiary/aromatic N) is 4. The molecule has 3 aromatic rings. The van der Waals surface area contributed by atoms with Crippen molar-refractivity contribution in [2.75, 3.05) is 6.54 Å². The molecule has 5 nitrogen and oxygen atoms in total. The molecule has 2 aliphatic heterocycles. The van der Waals surface area contributed by atoms with Crippen LogP contribution in [0.4, 0.5) is 5.69 Å². The smallest absolute Gasteiger partial charge is 0.254 e. The van der Waals surface area contributed by atoms with Crippen LogP contribution in [0.2, 0.25) is 0 Å². The SMILES string of the molecule is Cn1cnc2cc3c(cc21)[C@]1(C)CCN(C(=O)c2ccc4c(c2)CC=N4)[C@@H](C3)C1(C)C. The van der Waals surface area contributed by atoms with Crippen molar-refractivity contribution in [1.82, 2.24) is 14.5 Å². The minimum Gasteiger partial charge on any atom is -0.335 e. The predicted molar refractivity (Wildman–Crippen MR) is 123 cm³/mol. The maximum atomic E-state index is 13.7. The first-order valence-electron chi connectivity index (χ1n) is 11.2. The summed E-state index contributed by atoms with van der Waals surface area (Å²) in [5, 5.41) is 0. The second-order valence-corrected chi connectivity index (χ2v) is 10.2. The molecule has 31 heavy (non-hydrogen) atoms. The van der Waals surface area contributed by atoms with Crippen LogP contribution in [-0.4, -0.2) is 39.2 Å². The average Bonchev–Trinajstić information content (AvgIpc) is 3.35. The third kappa shape index (κ3) is 2.40. The number of carbonyl (C=O) groups excluding carboxylic acids is 1. The number of piperidine rings is 1. The Morgan fingerprint density at radius 2 is 1.97 bits per heavy atom. The van der Waals surface area contributed by atoms with Crippen molar-refractivity contribution >= 4 is 28.8 Å². The van der Waals surface area contributed by atoms with Crippen molar-refractivity contribution in [3.63, 3.8) is 0 Å². The van der Waals surface area contributed by atoms with Crippen LogP contribution in [0.1, 0.15) is 54.2 Å². The minimum atomic E-state index is -0.0278. The second kappa shape index (κ2) is 6.06. The molecule has 2 atom stereocenters. The minimum absolute atomic E-state index is 0.0201. The van der Waals surface area contributed by atoms with Crippen LogP contribution in [0.3, 0.4) is 0 Å². The van der Waals surface area contributed by atoms with Gasteiger partial charge in [0, 0.05) is 43.2 Å². The maximum Gasteiger partial charge on any atom is 0.254 e. The van der Waals surface area contributed by atoms with Crippen LogP contribution in [0.25, 0.3) is 11.0 Å². The Morgan fingerprint density at radius 1 is 1.13 bits per heavy atom. The molecule has 3 heterocycles. The van der Waals surface area contributed by atoms with E-state index in [9.17, 15) is 4.79 Å². The zero-order valence-electron chi connectivity index (χ0n) is 18.6. The summed E-state index contributed by atoms with van der Waals surface area (Å²) < 4.78 is 2.11. The van der Waals surface area contributed by atoms with E-state index in [-0.39, 0.29) is 22.8 Å². The number of aromatic nitrogens is 2. The lowest BCUT2D eigenvalue weighted by Crippen LogP contribution is -2.64. The molecule has 3 aliphatic rings. The number of carbonyl (C=O) groups is 1. The zero-order valence-corrected chi connectivity index (χ0v) is 18.6. The number of likely N-dealkylation sites (tertiary alicyclic amines) is 1. The Bertz CT molecular complexity index is 1280. The summed E-state index contributed by atoms with van der Waals surface area (Å²) in [6.45, 7) is 7.89. The molecule has 1 aromatic heterocycles. The lowest BCUT2D eigenvalue weighted by molar-refractivity contribution is -0.0261. The third-order valence-electron chi connectivity index (χ3n) is 8.57. The molecule has 0 unspecified atom stereocenters. The first kappa shape index (κ1) is 18.8. The highest BCUT2D eigenvalue weighted by Gasteiger charge is 2.57. The molecule has 0 radical (unpaired) electrons. The molecule has 0 spiro atoms. The number of rotatable bonds is 1. The molecular weight excluding hydrogens is 384 g/mol. The molecule has 0 saturated carbocycles. The predicted octanol–water partition coefficient (Wildman–Crippen LogP) is 4.59. The van der Waals surface area contributed by atoms with Gasteiger partial charge in [-0.1, -0.05) is 20.8 Å². The van der Waals surface area contributed by atoms with Crippen LogP contribution in [0.5, 0.6) is 0 Å². The first-order chi connectivity index (χ1) is 14.8. The molecule has 1 saturated heterocycles. The van der Waals surface area contributed by atoms with Gasteiger partial charge in [-0.15, -0.1) is 0 Å². The van der Waals surface area contributed by atoms with E-state index in [0.29, 0.717) is 0 Å². The molecule has 2 bridgehead atoms. The maximum absolute atomic E-state index is 13.7. The molecule has 5 heteroatoms. The highest BCUT2D eigenvalue weighted by molar-refractivity contribution is 5.96. The van der Waals surface area contributed by atoms with Crippen molar-refractivity contribution in [2.45, 2.75) is 51.5 Å². The number of aliphatic imine (C=N–C) groups is 1. The van der Waals surface area contributed by atoms with E-state index in [2.05, 4.69) is 59.4 Å². The summed E-state index contributed by atoms with van der Waals surface area (Å²) in [6, 6.07) is 10.7. The van der Waals surface area contributed by atoms with Crippen molar-refractivity contribution in [3.05, 3.63) is 58.9 Å². The van der Waals surface area contributed by atoms with Gasteiger partial charge in [0.15, 0.2) is 0 Å². The van der Waals surface area contributed by atoms with Crippen LogP contribution >= 0.6 is 0 Å². The van der Waals surface area contributed by atoms with Crippen LogP contribution in [0.15, 0.2) is 41.7 Å². The lowest BCUT2D eigenvalue weighted by atomic mass is 9.51. The monoisotopic (exact) mass is 412 g/mol. The van der Waals surface area contributed by atoms with Gasteiger partial charge >= 0.3 is 0 Å². The summed E-state index contributed by atoms with van der Waals surface area (Å²) in [7, 11) is 2.06. The van der Waals surface area contributed by atoms with Gasteiger partial charge in [0.1, 0.15) is 0 Å². The van der Waals surface area contributed by atoms with Gasteiger partial charge in [-0.2, -0.15) is 0 Å². The van der Waals surface area contributed by atoms with Crippen molar-refractivity contribution in [2.24, 2.45) is 17.5 Å². The summed E-state index contributed by atoms with van der Waals surface area (Å²) in [5.41, 5.74) is 7.94. The number of fused-ring (bicyclic) bond motifs is 6. The van der Waals surface area contributed by atoms with E-state index in [1.165, 1.54) is 16.6 Å². The van der Waals surface area contributed by atoms with Gasteiger partial charge in [0.05, 0.1) is 23.0 Å². The fourth-order valence-corrected chi connectivity index (χ4v) is 6.19. The number of amides is 1. The number of imidazole rings is 1.